The standard InChI is InChI=1S/C9H10BrF2NO/c1-5(14)4-13-9-7(11)2-6(10)3-8(9)12/h2-3,5,13-14H,4H2,1H3/t5-/m0/s1. The van der Waals surface area contributed by atoms with E-state index in [9.17, 15) is 8.78 Å². The molecule has 1 aromatic carbocycles. The molecule has 0 aliphatic heterocycles. The molecule has 1 rings (SSSR count). The van der Waals surface area contributed by atoms with Crippen LogP contribution in [-0.4, -0.2) is 17.8 Å². The Hall–Kier alpha value is -0.680. The van der Waals surface area contributed by atoms with Gasteiger partial charge >= 0.3 is 0 Å². The van der Waals surface area contributed by atoms with Gasteiger partial charge in [0.25, 0.3) is 0 Å². The fraction of sp³-hybridized carbons (Fsp3) is 0.333. The maximum Gasteiger partial charge on any atom is 0.150 e. The van der Waals surface area contributed by atoms with Gasteiger partial charge in [-0.3, -0.25) is 0 Å². The largest absolute Gasteiger partial charge is 0.392 e. The van der Waals surface area contributed by atoms with Crippen LogP contribution in [0.2, 0.25) is 0 Å². The molecule has 0 amide bonds. The monoisotopic (exact) mass is 265 g/mol. The van der Waals surface area contributed by atoms with Gasteiger partial charge in [0.1, 0.15) is 17.3 Å². The van der Waals surface area contributed by atoms with E-state index < -0.39 is 17.7 Å². The van der Waals surface area contributed by atoms with E-state index in [0.717, 1.165) is 12.1 Å². The van der Waals surface area contributed by atoms with Crippen LogP contribution in [0.1, 0.15) is 6.92 Å². The average Bonchev–Trinajstić information content (AvgIpc) is 2.01. The van der Waals surface area contributed by atoms with Gasteiger partial charge in [0.2, 0.25) is 0 Å². The summed E-state index contributed by atoms with van der Waals surface area (Å²) < 4.78 is 26.6. The Morgan fingerprint density at radius 1 is 1.43 bits per heavy atom. The van der Waals surface area contributed by atoms with Crippen LogP contribution in [-0.2, 0) is 0 Å². The Balaban J connectivity index is 2.86. The summed E-state index contributed by atoms with van der Waals surface area (Å²) >= 11 is 2.97. The first-order chi connectivity index (χ1) is 6.50. The normalized spacial score (nSPS) is 12.6. The molecule has 0 heterocycles. The molecule has 5 heteroatoms. The molecule has 1 atom stereocenters. The van der Waals surface area contributed by atoms with Crippen molar-refractivity contribution in [1.29, 1.82) is 0 Å². The van der Waals surface area contributed by atoms with Crippen molar-refractivity contribution in [2.45, 2.75) is 13.0 Å². The van der Waals surface area contributed by atoms with Crippen molar-refractivity contribution in [1.82, 2.24) is 0 Å². The van der Waals surface area contributed by atoms with Crippen LogP contribution >= 0.6 is 15.9 Å². The maximum atomic E-state index is 13.1. The second-order valence-corrected chi connectivity index (χ2v) is 3.89. The first-order valence-electron chi connectivity index (χ1n) is 4.07. The molecule has 2 nitrogen and oxygen atoms in total. The third-order valence-corrected chi connectivity index (χ3v) is 2.04. The predicted molar refractivity (Wildman–Crippen MR) is 54.2 cm³/mol. The molecule has 0 saturated carbocycles. The lowest BCUT2D eigenvalue weighted by Crippen LogP contribution is -2.16. The Bertz CT molecular complexity index is 308. The summed E-state index contributed by atoms with van der Waals surface area (Å²) in [6.45, 7) is 1.64. The van der Waals surface area contributed by atoms with Gasteiger partial charge in [-0.05, 0) is 19.1 Å². The topological polar surface area (TPSA) is 32.3 Å². The minimum Gasteiger partial charge on any atom is -0.392 e. The van der Waals surface area contributed by atoms with Crippen LogP contribution in [0.4, 0.5) is 14.5 Å². The van der Waals surface area contributed by atoms with Crippen LogP contribution in [0.5, 0.6) is 0 Å². The van der Waals surface area contributed by atoms with Gasteiger partial charge in [0.15, 0.2) is 0 Å². The predicted octanol–water partition coefficient (Wildman–Crippen LogP) is 2.52. The van der Waals surface area contributed by atoms with Gasteiger partial charge in [-0.25, -0.2) is 8.78 Å². The number of aliphatic hydroxyl groups is 1. The summed E-state index contributed by atoms with van der Waals surface area (Å²) in [6.07, 6.45) is -0.655. The van der Waals surface area contributed by atoms with E-state index in [4.69, 9.17) is 5.11 Å². The van der Waals surface area contributed by atoms with Crippen molar-refractivity contribution >= 4 is 21.6 Å². The SMILES string of the molecule is C[C@H](O)CNc1c(F)cc(Br)cc1F. The molecule has 0 saturated heterocycles. The van der Waals surface area contributed by atoms with Crippen molar-refractivity contribution in [2.75, 3.05) is 11.9 Å². The van der Waals surface area contributed by atoms with Gasteiger partial charge in [-0.1, -0.05) is 15.9 Å². The second-order valence-electron chi connectivity index (χ2n) is 2.97. The van der Waals surface area contributed by atoms with Gasteiger partial charge in [0.05, 0.1) is 6.10 Å². The zero-order valence-corrected chi connectivity index (χ0v) is 9.11. The molecule has 14 heavy (non-hydrogen) atoms. The molecule has 2 N–H and O–H groups in total. The van der Waals surface area contributed by atoms with Crippen LogP contribution < -0.4 is 5.32 Å². The van der Waals surface area contributed by atoms with E-state index in [-0.39, 0.29) is 12.2 Å². The van der Waals surface area contributed by atoms with Crippen molar-refractivity contribution in [2.24, 2.45) is 0 Å². The molecule has 0 bridgehead atoms. The van der Waals surface area contributed by atoms with E-state index in [0.29, 0.717) is 4.47 Å². The van der Waals surface area contributed by atoms with Gasteiger partial charge in [-0.15, -0.1) is 0 Å². The number of hydrogen-bond acceptors (Lipinski definition) is 2. The van der Waals surface area contributed by atoms with E-state index in [1.54, 1.807) is 0 Å². The molecule has 0 aliphatic rings. The lowest BCUT2D eigenvalue weighted by Gasteiger charge is -2.10. The summed E-state index contributed by atoms with van der Waals surface area (Å²) in [5.41, 5.74) is -0.214. The highest BCUT2D eigenvalue weighted by molar-refractivity contribution is 9.10. The van der Waals surface area contributed by atoms with Crippen LogP contribution in [0, 0.1) is 11.6 Å². The molecule has 0 aromatic heterocycles. The Morgan fingerprint density at radius 3 is 2.36 bits per heavy atom. The molecule has 1 aromatic rings. The van der Waals surface area contributed by atoms with Crippen molar-refractivity contribution < 1.29 is 13.9 Å². The molecule has 0 spiro atoms. The number of rotatable bonds is 3. The van der Waals surface area contributed by atoms with Gasteiger partial charge in [0, 0.05) is 11.0 Å². The molecule has 0 aliphatic carbocycles. The highest BCUT2D eigenvalue weighted by atomic mass is 79.9. The third kappa shape index (κ3) is 2.92. The van der Waals surface area contributed by atoms with E-state index in [1.165, 1.54) is 6.92 Å². The minimum absolute atomic E-state index is 0.107. The second kappa shape index (κ2) is 4.70. The minimum atomic E-state index is -0.683. The van der Waals surface area contributed by atoms with Crippen LogP contribution in [0.3, 0.4) is 0 Å². The zero-order chi connectivity index (χ0) is 10.7. The van der Waals surface area contributed by atoms with Gasteiger partial charge in [-0.2, -0.15) is 0 Å². The first-order valence-corrected chi connectivity index (χ1v) is 4.86. The van der Waals surface area contributed by atoms with E-state index in [1.807, 2.05) is 0 Å². The Morgan fingerprint density at radius 2 is 1.93 bits per heavy atom. The Labute approximate surface area is 89.1 Å². The maximum absolute atomic E-state index is 13.1. The smallest absolute Gasteiger partial charge is 0.150 e. The summed E-state index contributed by atoms with van der Waals surface area (Å²) in [4.78, 5) is 0. The van der Waals surface area contributed by atoms with Gasteiger partial charge < -0.3 is 10.4 Å². The third-order valence-electron chi connectivity index (χ3n) is 1.58. The van der Waals surface area contributed by atoms with Crippen LogP contribution in [0.15, 0.2) is 16.6 Å². The van der Waals surface area contributed by atoms with Crippen molar-refractivity contribution in [3.8, 4) is 0 Å². The van der Waals surface area contributed by atoms with E-state index in [2.05, 4.69) is 21.2 Å². The fourth-order valence-electron chi connectivity index (χ4n) is 0.961. The number of anilines is 1. The zero-order valence-electron chi connectivity index (χ0n) is 7.52. The quantitative estimate of drug-likeness (QED) is 0.881. The molecular weight excluding hydrogens is 256 g/mol. The number of hydrogen-bond donors (Lipinski definition) is 2. The highest BCUT2D eigenvalue weighted by Crippen LogP contribution is 2.23. The molecule has 0 fully saturated rings. The van der Waals surface area contributed by atoms with Crippen molar-refractivity contribution in [3.05, 3.63) is 28.2 Å². The highest BCUT2D eigenvalue weighted by Gasteiger charge is 2.10. The molecular formula is C9H10BrF2NO. The average molecular weight is 266 g/mol. The Kier molecular flexibility index (Phi) is 3.83. The first kappa shape index (κ1) is 11.4. The van der Waals surface area contributed by atoms with E-state index >= 15 is 0 Å². The number of benzene rings is 1. The molecule has 0 radical (unpaired) electrons. The lowest BCUT2D eigenvalue weighted by molar-refractivity contribution is 0.208. The molecule has 78 valence electrons. The number of aliphatic hydroxyl groups excluding tert-OH is 1. The number of nitrogens with one attached hydrogen (secondary N) is 1. The summed E-state index contributed by atoms with van der Waals surface area (Å²) in [6, 6.07) is 2.32. The summed E-state index contributed by atoms with van der Waals surface area (Å²) in [5.74, 6) is -1.37. The van der Waals surface area contributed by atoms with Crippen LogP contribution in [0.25, 0.3) is 0 Å². The number of halogens is 3. The molecule has 0 unspecified atom stereocenters. The lowest BCUT2D eigenvalue weighted by atomic mass is 10.2. The fourth-order valence-corrected chi connectivity index (χ4v) is 1.36. The van der Waals surface area contributed by atoms with Crippen molar-refractivity contribution in [3.63, 3.8) is 0 Å². The summed E-state index contributed by atoms with van der Waals surface area (Å²) in [5, 5.41) is 11.4. The summed E-state index contributed by atoms with van der Waals surface area (Å²) in [7, 11) is 0.